The Morgan fingerprint density at radius 2 is 1.88 bits per heavy atom. The van der Waals surface area contributed by atoms with Gasteiger partial charge in [-0.15, -0.1) is 11.6 Å². The van der Waals surface area contributed by atoms with Crippen LogP contribution >= 0.6 is 11.6 Å². The second-order valence-corrected chi connectivity index (χ2v) is 7.20. The summed E-state index contributed by atoms with van der Waals surface area (Å²) >= 11 is 5.80. The predicted octanol–water partition coefficient (Wildman–Crippen LogP) is 1.76. The monoisotopic (exact) mass is 267 g/mol. The SMILES string of the molecule is CCCS(=O)(=O)CCN1CCC(CCl)CC1. The fourth-order valence-electron chi connectivity index (χ4n) is 2.05. The van der Waals surface area contributed by atoms with Crippen LogP contribution in [-0.4, -0.2) is 50.3 Å². The Kier molecular flexibility index (Phi) is 6.08. The molecule has 1 aliphatic heterocycles. The van der Waals surface area contributed by atoms with Gasteiger partial charge in [-0.2, -0.15) is 0 Å². The number of halogens is 1. The summed E-state index contributed by atoms with van der Waals surface area (Å²) in [5, 5.41) is 0. The zero-order valence-electron chi connectivity index (χ0n) is 9.99. The Bertz CT molecular complexity index is 284. The molecule has 16 heavy (non-hydrogen) atoms. The highest BCUT2D eigenvalue weighted by Gasteiger charge is 2.19. The van der Waals surface area contributed by atoms with Gasteiger partial charge in [0.15, 0.2) is 9.84 Å². The van der Waals surface area contributed by atoms with E-state index in [2.05, 4.69) is 4.90 Å². The van der Waals surface area contributed by atoms with Gasteiger partial charge in [0.1, 0.15) is 0 Å². The van der Waals surface area contributed by atoms with Crippen LogP contribution in [-0.2, 0) is 9.84 Å². The molecule has 0 atom stereocenters. The van der Waals surface area contributed by atoms with Gasteiger partial charge in [0.25, 0.3) is 0 Å². The van der Waals surface area contributed by atoms with E-state index in [1.165, 1.54) is 0 Å². The molecule has 0 aromatic carbocycles. The second kappa shape index (κ2) is 6.82. The summed E-state index contributed by atoms with van der Waals surface area (Å²) in [6, 6.07) is 0. The highest BCUT2D eigenvalue weighted by atomic mass is 35.5. The molecule has 1 heterocycles. The lowest BCUT2D eigenvalue weighted by atomic mass is 9.99. The molecule has 0 saturated carbocycles. The van der Waals surface area contributed by atoms with Crippen LogP contribution in [0.3, 0.4) is 0 Å². The maximum Gasteiger partial charge on any atom is 0.151 e. The number of piperidine rings is 1. The van der Waals surface area contributed by atoms with Crippen molar-refractivity contribution in [3.8, 4) is 0 Å². The van der Waals surface area contributed by atoms with Gasteiger partial charge in [-0.05, 0) is 38.3 Å². The fourth-order valence-corrected chi connectivity index (χ4v) is 3.72. The van der Waals surface area contributed by atoms with Gasteiger partial charge >= 0.3 is 0 Å². The van der Waals surface area contributed by atoms with E-state index in [1.54, 1.807) is 0 Å². The van der Waals surface area contributed by atoms with E-state index in [0.717, 1.165) is 38.2 Å². The number of hydrogen-bond acceptors (Lipinski definition) is 3. The summed E-state index contributed by atoms with van der Waals surface area (Å²) < 4.78 is 23.1. The van der Waals surface area contributed by atoms with Crippen LogP contribution in [0.5, 0.6) is 0 Å². The Hall–Kier alpha value is 0.200. The van der Waals surface area contributed by atoms with Crippen LogP contribution in [0.15, 0.2) is 0 Å². The molecule has 3 nitrogen and oxygen atoms in total. The molecule has 0 aromatic heterocycles. The molecule has 0 spiro atoms. The van der Waals surface area contributed by atoms with E-state index in [0.29, 0.717) is 24.0 Å². The quantitative estimate of drug-likeness (QED) is 0.689. The first-order valence-electron chi connectivity index (χ1n) is 6.06. The number of alkyl halides is 1. The van der Waals surface area contributed by atoms with Crippen molar-refractivity contribution in [1.29, 1.82) is 0 Å². The lowest BCUT2D eigenvalue weighted by Crippen LogP contribution is -2.37. The number of likely N-dealkylation sites (tertiary alicyclic amines) is 1. The van der Waals surface area contributed by atoms with Crippen molar-refractivity contribution in [2.24, 2.45) is 5.92 Å². The zero-order chi connectivity index (χ0) is 12.0. The maximum atomic E-state index is 11.5. The normalized spacial score (nSPS) is 20.1. The zero-order valence-corrected chi connectivity index (χ0v) is 11.6. The van der Waals surface area contributed by atoms with Crippen LogP contribution in [0.25, 0.3) is 0 Å². The molecule has 1 fully saturated rings. The van der Waals surface area contributed by atoms with Crippen molar-refractivity contribution in [2.45, 2.75) is 26.2 Å². The minimum atomic E-state index is -2.82. The van der Waals surface area contributed by atoms with E-state index in [1.807, 2.05) is 6.92 Å². The summed E-state index contributed by atoms with van der Waals surface area (Å²) in [6.07, 6.45) is 2.94. The lowest BCUT2D eigenvalue weighted by molar-refractivity contribution is 0.203. The number of hydrogen-bond donors (Lipinski definition) is 0. The Morgan fingerprint density at radius 1 is 1.25 bits per heavy atom. The smallest absolute Gasteiger partial charge is 0.151 e. The minimum Gasteiger partial charge on any atom is -0.302 e. The molecule has 0 amide bonds. The molecule has 0 radical (unpaired) electrons. The Morgan fingerprint density at radius 3 is 2.38 bits per heavy atom. The van der Waals surface area contributed by atoms with Gasteiger partial charge in [-0.3, -0.25) is 0 Å². The highest BCUT2D eigenvalue weighted by Crippen LogP contribution is 2.18. The molecular weight excluding hydrogens is 246 g/mol. The molecule has 1 saturated heterocycles. The summed E-state index contributed by atoms with van der Waals surface area (Å²) in [6.45, 7) is 4.60. The Balaban J connectivity index is 2.24. The van der Waals surface area contributed by atoms with Crippen LogP contribution in [0.4, 0.5) is 0 Å². The van der Waals surface area contributed by atoms with Gasteiger partial charge in [-0.1, -0.05) is 6.92 Å². The van der Waals surface area contributed by atoms with Crippen molar-refractivity contribution in [2.75, 3.05) is 37.0 Å². The van der Waals surface area contributed by atoms with E-state index in [-0.39, 0.29) is 0 Å². The van der Waals surface area contributed by atoms with Crippen molar-refractivity contribution in [3.05, 3.63) is 0 Å². The summed E-state index contributed by atoms with van der Waals surface area (Å²) in [5.41, 5.74) is 0. The van der Waals surface area contributed by atoms with Gasteiger partial charge in [0.2, 0.25) is 0 Å². The number of rotatable bonds is 6. The van der Waals surface area contributed by atoms with Gasteiger partial charge < -0.3 is 4.90 Å². The maximum absolute atomic E-state index is 11.5. The first-order valence-corrected chi connectivity index (χ1v) is 8.41. The van der Waals surface area contributed by atoms with Crippen molar-refractivity contribution >= 4 is 21.4 Å². The molecule has 0 bridgehead atoms. The average Bonchev–Trinajstić information content (AvgIpc) is 2.27. The minimum absolute atomic E-state index is 0.312. The molecule has 0 aromatic rings. The lowest BCUT2D eigenvalue weighted by Gasteiger charge is -2.30. The van der Waals surface area contributed by atoms with Crippen LogP contribution in [0.2, 0.25) is 0 Å². The standard InChI is InChI=1S/C11H22ClNO2S/c1-2-8-16(14,15)9-7-13-5-3-11(10-12)4-6-13/h11H,2-10H2,1H3. The number of nitrogens with zero attached hydrogens (tertiary/aromatic N) is 1. The molecule has 1 aliphatic rings. The van der Waals surface area contributed by atoms with Crippen molar-refractivity contribution in [3.63, 3.8) is 0 Å². The molecule has 1 rings (SSSR count). The summed E-state index contributed by atoms with van der Waals surface area (Å²) in [7, 11) is -2.82. The van der Waals surface area contributed by atoms with Crippen LogP contribution < -0.4 is 0 Å². The van der Waals surface area contributed by atoms with Gasteiger partial charge in [0.05, 0.1) is 5.75 Å². The summed E-state index contributed by atoms with van der Waals surface area (Å²) in [5.74, 6) is 2.00. The molecule has 96 valence electrons. The highest BCUT2D eigenvalue weighted by molar-refractivity contribution is 7.91. The molecule has 0 unspecified atom stereocenters. The summed E-state index contributed by atoms with van der Waals surface area (Å²) in [4.78, 5) is 2.25. The van der Waals surface area contributed by atoms with Crippen LogP contribution in [0.1, 0.15) is 26.2 Å². The molecule has 0 N–H and O–H groups in total. The second-order valence-electron chi connectivity index (χ2n) is 4.59. The van der Waals surface area contributed by atoms with Gasteiger partial charge in [-0.25, -0.2) is 8.42 Å². The fraction of sp³-hybridized carbons (Fsp3) is 1.00. The first kappa shape index (κ1) is 14.3. The first-order chi connectivity index (χ1) is 7.57. The van der Waals surface area contributed by atoms with Gasteiger partial charge in [0, 0.05) is 18.2 Å². The van der Waals surface area contributed by atoms with E-state index >= 15 is 0 Å². The van der Waals surface area contributed by atoms with Crippen molar-refractivity contribution in [1.82, 2.24) is 4.90 Å². The van der Waals surface area contributed by atoms with E-state index in [9.17, 15) is 8.42 Å². The third-order valence-corrected chi connectivity index (χ3v) is 5.43. The molecule has 5 heteroatoms. The third-order valence-electron chi connectivity index (χ3n) is 3.16. The van der Waals surface area contributed by atoms with Crippen molar-refractivity contribution < 1.29 is 8.42 Å². The van der Waals surface area contributed by atoms with E-state index < -0.39 is 9.84 Å². The predicted molar refractivity (Wildman–Crippen MR) is 68.8 cm³/mol. The molecule has 0 aliphatic carbocycles. The number of sulfone groups is 1. The van der Waals surface area contributed by atoms with E-state index in [4.69, 9.17) is 11.6 Å². The average molecular weight is 268 g/mol. The van der Waals surface area contributed by atoms with Crippen LogP contribution in [0, 0.1) is 5.92 Å². The molecular formula is C11H22ClNO2S. The third kappa shape index (κ3) is 5.02. The largest absolute Gasteiger partial charge is 0.302 e. The topological polar surface area (TPSA) is 37.4 Å². The Labute approximate surface area is 104 Å².